The van der Waals surface area contributed by atoms with Crippen molar-refractivity contribution in [3.05, 3.63) is 28.0 Å². The van der Waals surface area contributed by atoms with Crippen LogP contribution >= 0.6 is 15.9 Å². The Morgan fingerprint density at radius 3 is 2.73 bits per heavy atom. The number of hydrogen-bond acceptors (Lipinski definition) is 2. The molecule has 0 aliphatic heterocycles. The molecule has 15 heavy (non-hydrogen) atoms. The van der Waals surface area contributed by atoms with Crippen molar-refractivity contribution in [3.63, 3.8) is 0 Å². The van der Waals surface area contributed by atoms with E-state index in [-0.39, 0.29) is 0 Å². The van der Waals surface area contributed by atoms with E-state index in [1.54, 1.807) is 6.20 Å². The molecule has 1 aliphatic rings. The Balaban J connectivity index is 2.31. The molecule has 0 N–H and O–H groups in total. The van der Waals surface area contributed by atoms with Gasteiger partial charge in [-0.2, -0.15) is 5.26 Å². The Morgan fingerprint density at radius 2 is 2.07 bits per heavy atom. The molecule has 2 nitrogen and oxygen atoms in total. The van der Waals surface area contributed by atoms with Crippen LogP contribution in [0.25, 0.3) is 0 Å². The molecule has 0 saturated heterocycles. The third-order valence-electron chi connectivity index (χ3n) is 3.07. The lowest BCUT2D eigenvalue weighted by Crippen LogP contribution is -2.06. The SMILES string of the molecule is N#Cc1nccc(C2CCCCC2)c1Br. The zero-order chi connectivity index (χ0) is 10.7. The Morgan fingerprint density at radius 1 is 1.33 bits per heavy atom. The van der Waals surface area contributed by atoms with Crippen LogP contribution in [0.3, 0.4) is 0 Å². The van der Waals surface area contributed by atoms with E-state index in [0.717, 1.165) is 4.47 Å². The molecule has 1 aliphatic carbocycles. The van der Waals surface area contributed by atoms with E-state index in [1.165, 1.54) is 37.7 Å². The molecule has 78 valence electrons. The molecule has 3 heteroatoms. The fraction of sp³-hybridized carbons (Fsp3) is 0.500. The average molecular weight is 265 g/mol. The van der Waals surface area contributed by atoms with Crippen LogP contribution in [0.4, 0.5) is 0 Å². The lowest BCUT2D eigenvalue weighted by atomic mass is 9.84. The molecule has 0 amide bonds. The van der Waals surface area contributed by atoms with Gasteiger partial charge in [0.15, 0.2) is 5.69 Å². The third-order valence-corrected chi connectivity index (χ3v) is 3.90. The molecule has 0 aromatic carbocycles. The van der Waals surface area contributed by atoms with Gasteiger partial charge in [0.1, 0.15) is 6.07 Å². The highest BCUT2D eigenvalue weighted by molar-refractivity contribution is 9.10. The fourth-order valence-corrected chi connectivity index (χ4v) is 2.91. The van der Waals surface area contributed by atoms with Crippen molar-refractivity contribution in [2.24, 2.45) is 0 Å². The first-order valence-electron chi connectivity index (χ1n) is 5.37. The first-order valence-corrected chi connectivity index (χ1v) is 6.16. The van der Waals surface area contributed by atoms with Gasteiger partial charge in [-0.05, 0) is 46.3 Å². The monoisotopic (exact) mass is 264 g/mol. The summed E-state index contributed by atoms with van der Waals surface area (Å²) in [5.74, 6) is 0.614. The lowest BCUT2D eigenvalue weighted by molar-refractivity contribution is 0.442. The van der Waals surface area contributed by atoms with Crippen LogP contribution in [0.1, 0.15) is 49.3 Å². The standard InChI is InChI=1S/C12H13BrN2/c13-12-10(6-7-15-11(12)8-14)9-4-2-1-3-5-9/h6-7,9H,1-5H2. The van der Waals surface area contributed by atoms with E-state index >= 15 is 0 Å². The predicted octanol–water partition coefficient (Wildman–Crippen LogP) is 3.76. The van der Waals surface area contributed by atoms with Crippen molar-refractivity contribution in [2.45, 2.75) is 38.0 Å². The summed E-state index contributed by atoms with van der Waals surface area (Å²) in [5.41, 5.74) is 1.78. The summed E-state index contributed by atoms with van der Waals surface area (Å²) in [6.45, 7) is 0. The molecule has 1 aromatic heterocycles. The number of pyridine rings is 1. The van der Waals surface area contributed by atoms with E-state index in [1.807, 2.05) is 6.07 Å². The van der Waals surface area contributed by atoms with Gasteiger partial charge in [0.2, 0.25) is 0 Å². The van der Waals surface area contributed by atoms with Crippen LogP contribution < -0.4 is 0 Å². The molecule has 0 bridgehead atoms. The second-order valence-corrected chi connectivity index (χ2v) is 4.80. The molecule has 0 radical (unpaired) electrons. The van der Waals surface area contributed by atoms with Gasteiger partial charge in [-0.25, -0.2) is 4.98 Å². The van der Waals surface area contributed by atoms with E-state index in [9.17, 15) is 0 Å². The highest BCUT2D eigenvalue weighted by Gasteiger charge is 2.19. The highest BCUT2D eigenvalue weighted by Crippen LogP contribution is 2.36. The van der Waals surface area contributed by atoms with Crippen molar-refractivity contribution in [1.29, 1.82) is 5.26 Å². The Bertz CT molecular complexity index is 389. The minimum atomic E-state index is 0.512. The van der Waals surface area contributed by atoms with Crippen molar-refractivity contribution in [2.75, 3.05) is 0 Å². The summed E-state index contributed by atoms with van der Waals surface area (Å²) < 4.78 is 0.902. The van der Waals surface area contributed by atoms with Crippen LogP contribution in [0, 0.1) is 11.3 Å². The molecule has 1 fully saturated rings. The van der Waals surface area contributed by atoms with Gasteiger partial charge in [-0.3, -0.25) is 0 Å². The fourth-order valence-electron chi connectivity index (χ4n) is 2.27. The van der Waals surface area contributed by atoms with Gasteiger partial charge >= 0.3 is 0 Å². The molecule has 2 rings (SSSR count). The molecule has 0 unspecified atom stereocenters. The van der Waals surface area contributed by atoms with Crippen molar-refractivity contribution in [3.8, 4) is 6.07 Å². The number of aromatic nitrogens is 1. The zero-order valence-electron chi connectivity index (χ0n) is 8.54. The van der Waals surface area contributed by atoms with E-state index < -0.39 is 0 Å². The molecular weight excluding hydrogens is 252 g/mol. The van der Waals surface area contributed by atoms with Crippen molar-refractivity contribution >= 4 is 15.9 Å². The van der Waals surface area contributed by atoms with Crippen LogP contribution in [0.2, 0.25) is 0 Å². The van der Waals surface area contributed by atoms with E-state index in [2.05, 4.69) is 27.0 Å². The summed E-state index contributed by atoms with van der Waals surface area (Å²) in [7, 11) is 0. The second-order valence-electron chi connectivity index (χ2n) is 4.01. The smallest absolute Gasteiger partial charge is 0.154 e. The van der Waals surface area contributed by atoms with Gasteiger partial charge in [-0.1, -0.05) is 19.3 Å². The summed E-state index contributed by atoms with van der Waals surface area (Å²) in [5, 5.41) is 8.90. The average Bonchev–Trinajstić information content (AvgIpc) is 2.30. The second kappa shape index (κ2) is 4.76. The number of nitriles is 1. The van der Waals surface area contributed by atoms with Crippen molar-refractivity contribution in [1.82, 2.24) is 4.98 Å². The van der Waals surface area contributed by atoms with Crippen LogP contribution in [-0.4, -0.2) is 4.98 Å². The number of rotatable bonds is 1. The zero-order valence-corrected chi connectivity index (χ0v) is 10.1. The maximum atomic E-state index is 8.90. The Labute approximate surface area is 98.5 Å². The normalized spacial score (nSPS) is 17.3. The minimum absolute atomic E-state index is 0.512. The van der Waals surface area contributed by atoms with Gasteiger partial charge in [0, 0.05) is 6.20 Å². The number of halogens is 1. The predicted molar refractivity (Wildman–Crippen MR) is 62.5 cm³/mol. The van der Waals surface area contributed by atoms with Gasteiger partial charge in [-0.15, -0.1) is 0 Å². The van der Waals surface area contributed by atoms with Crippen LogP contribution in [0.5, 0.6) is 0 Å². The van der Waals surface area contributed by atoms with Gasteiger partial charge in [0.05, 0.1) is 4.47 Å². The lowest BCUT2D eigenvalue weighted by Gasteiger charge is -2.22. The first-order chi connectivity index (χ1) is 7.33. The van der Waals surface area contributed by atoms with E-state index in [0.29, 0.717) is 11.6 Å². The Hall–Kier alpha value is -0.880. The number of nitrogens with zero attached hydrogens (tertiary/aromatic N) is 2. The summed E-state index contributed by atoms with van der Waals surface area (Å²) in [6.07, 6.45) is 8.20. The molecule has 0 spiro atoms. The molecular formula is C12H13BrN2. The third kappa shape index (κ3) is 2.21. The molecule has 1 heterocycles. The molecule has 1 saturated carbocycles. The van der Waals surface area contributed by atoms with Crippen LogP contribution in [-0.2, 0) is 0 Å². The first kappa shape index (κ1) is 10.6. The maximum Gasteiger partial charge on any atom is 0.154 e. The Kier molecular flexibility index (Phi) is 3.37. The number of hydrogen-bond donors (Lipinski definition) is 0. The highest BCUT2D eigenvalue weighted by atomic mass is 79.9. The largest absolute Gasteiger partial charge is 0.244 e. The van der Waals surface area contributed by atoms with Crippen LogP contribution in [0.15, 0.2) is 16.7 Å². The quantitative estimate of drug-likeness (QED) is 0.775. The minimum Gasteiger partial charge on any atom is -0.244 e. The summed E-state index contributed by atoms with van der Waals surface area (Å²) in [6, 6.07) is 4.16. The van der Waals surface area contributed by atoms with Gasteiger partial charge in [0.25, 0.3) is 0 Å². The van der Waals surface area contributed by atoms with Crippen molar-refractivity contribution < 1.29 is 0 Å². The molecule has 0 atom stereocenters. The summed E-state index contributed by atoms with van der Waals surface area (Å²) in [4.78, 5) is 4.04. The topological polar surface area (TPSA) is 36.7 Å². The maximum absolute atomic E-state index is 8.90. The van der Waals surface area contributed by atoms with E-state index in [4.69, 9.17) is 5.26 Å². The molecule has 1 aromatic rings. The van der Waals surface area contributed by atoms with Gasteiger partial charge < -0.3 is 0 Å². The summed E-state index contributed by atoms with van der Waals surface area (Å²) >= 11 is 3.49.